The van der Waals surface area contributed by atoms with Gasteiger partial charge in [-0.05, 0) is 31.9 Å². The Morgan fingerprint density at radius 1 is 1.31 bits per heavy atom. The van der Waals surface area contributed by atoms with Gasteiger partial charge in [-0.3, -0.25) is 14.9 Å². The quantitative estimate of drug-likeness (QED) is 0.454. The molecule has 32 heavy (non-hydrogen) atoms. The summed E-state index contributed by atoms with van der Waals surface area (Å²) in [6, 6.07) is 4.04. The average Bonchev–Trinajstić information content (AvgIpc) is 3.20. The fourth-order valence-corrected chi connectivity index (χ4v) is 6.01. The number of amides is 1. The number of benzene rings is 1. The molecule has 1 aliphatic rings. The summed E-state index contributed by atoms with van der Waals surface area (Å²) in [5.41, 5.74) is 2.48. The largest absolute Gasteiger partial charge is 0.366 e. The minimum atomic E-state index is -3.79. The normalized spacial score (nSPS) is 15.2. The molecule has 2 aromatic rings. The average molecular weight is 482 g/mol. The number of rotatable bonds is 8. The summed E-state index contributed by atoms with van der Waals surface area (Å²) in [5, 5.41) is 14.7. The summed E-state index contributed by atoms with van der Waals surface area (Å²) in [4.78, 5) is 30.1. The molecule has 1 amide bonds. The smallest absolute Gasteiger partial charge is 0.293 e. The SMILES string of the molecule is CCN(CC)S(=O)(=O)c1ccc(N2CCC(NC(=O)c3scnc3C)CC2)c([N+](=O)[O-])c1. The van der Waals surface area contributed by atoms with Crippen LogP contribution in [0, 0.1) is 17.0 Å². The van der Waals surface area contributed by atoms with Crippen molar-refractivity contribution in [1.82, 2.24) is 14.6 Å². The molecule has 0 saturated carbocycles. The zero-order valence-electron chi connectivity index (χ0n) is 18.3. The Labute approximate surface area is 191 Å². The van der Waals surface area contributed by atoms with Gasteiger partial charge in [-0.25, -0.2) is 13.4 Å². The van der Waals surface area contributed by atoms with E-state index in [1.54, 1.807) is 26.3 Å². The summed E-state index contributed by atoms with van der Waals surface area (Å²) >= 11 is 1.30. The van der Waals surface area contributed by atoms with Crippen molar-refractivity contribution in [2.24, 2.45) is 0 Å². The van der Waals surface area contributed by atoms with E-state index in [1.165, 1.54) is 27.8 Å². The lowest BCUT2D eigenvalue weighted by Gasteiger charge is -2.33. The maximum atomic E-state index is 12.8. The number of carbonyl (C=O) groups excluding carboxylic acids is 1. The van der Waals surface area contributed by atoms with Gasteiger partial charge in [0.15, 0.2) is 0 Å². The van der Waals surface area contributed by atoms with Gasteiger partial charge >= 0.3 is 0 Å². The molecular formula is C20H27N5O5S2. The minimum Gasteiger partial charge on any atom is -0.366 e. The first-order valence-electron chi connectivity index (χ1n) is 10.4. The van der Waals surface area contributed by atoms with Gasteiger partial charge in [0.1, 0.15) is 10.6 Å². The number of carbonyl (C=O) groups is 1. The Morgan fingerprint density at radius 3 is 2.50 bits per heavy atom. The van der Waals surface area contributed by atoms with E-state index < -0.39 is 14.9 Å². The van der Waals surface area contributed by atoms with Gasteiger partial charge in [-0.15, -0.1) is 11.3 Å². The first kappa shape index (κ1) is 24.1. The van der Waals surface area contributed by atoms with Crippen LogP contribution in [0.2, 0.25) is 0 Å². The van der Waals surface area contributed by atoms with Crippen LogP contribution in [-0.4, -0.2) is 60.8 Å². The minimum absolute atomic E-state index is 0.0402. The number of nitro benzene ring substituents is 1. The van der Waals surface area contributed by atoms with Crippen LogP contribution < -0.4 is 10.2 Å². The Hall–Kier alpha value is -2.57. The van der Waals surface area contributed by atoms with E-state index in [0.29, 0.717) is 42.2 Å². The van der Waals surface area contributed by atoms with Crippen molar-refractivity contribution < 1.29 is 18.1 Å². The van der Waals surface area contributed by atoms with Crippen LogP contribution >= 0.6 is 11.3 Å². The molecule has 1 aromatic carbocycles. The highest BCUT2D eigenvalue weighted by Gasteiger charge is 2.30. The Kier molecular flexibility index (Phi) is 7.47. The molecule has 12 heteroatoms. The van der Waals surface area contributed by atoms with E-state index in [2.05, 4.69) is 10.3 Å². The molecule has 0 aliphatic carbocycles. The monoisotopic (exact) mass is 481 g/mol. The molecule has 0 atom stereocenters. The van der Waals surface area contributed by atoms with E-state index in [4.69, 9.17) is 0 Å². The molecule has 10 nitrogen and oxygen atoms in total. The zero-order valence-corrected chi connectivity index (χ0v) is 19.9. The Balaban J connectivity index is 1.74. The molecule has 174 valence electrons. The standard InChI is InChI=1S/C20H27N5O5S2/c1-4-24(5-2)32(29,30)16-6-7-17(18(12-16)25(27)28)23-10-8-15(9-11-23)22-20(26)19-14(3)21-13-31-19/h6-7,12-13,15H,4-5,8-11H2,1-3H3,(H,22,26). The fourth-order valence-electron chi connectivity index (χ4n) is 3.83. The third-order valence-electron chi connectivity index (χ3n) is 5.61. The number of nitro groups is 1. The van der Waals surface area contributed by atoms with Crippen LogP contribution in [0.25, 0.3) is 0 Å². The molecule has 3 rings (SSSR count). The number of nitrogens with one attached hydrogen (secondary N) is 1. The summed E-state index contributed by atoms with van der Waals surface area (Å²) in [6.07, 6.45) is 1.25. The van der Waals surface area contributed by atoms with Crippen molar-refractivity contribution in [2.45, 2.75) is 44.6 Å². The second-order valence-corrected chi connectivity index (χ2v) is 10.3. The van der Waals surface area contributed by atoms with Crippen molar-refractivity contribution in [2.75, 3.05) is 31.1 Å². The summed E-state index contributed by atoms with van der Waals surface area (Å²) in [7, 11) is -3.79. The molecule has 0 unspecified atom stereocenters. The van der Waals surface area contributed by atoms with Crippen LogP contribution in [0.4, 0.5) is 11.4 Å². The first-order chi connectivity index (χ1) is 15.2. The summed E-state index contributed by atoms with van der Waals surface area (Å²) in [6.45, 7) is 6.83. The molecule has 1 aromatic heterocycles. The van der Waals surface area contributed by atoms with E-state index in [1.807, 2.05) is 4.90 Å². The van der Waals surface area contributed by atoms with Crippen molar-refractivity contribution in [1.29, 1.82) is 0 Å². The number of piperidine rings is 1. The number of aryl methyl sites for hydroxylation is 1. The summed E-state index contributed by atoms with van der Waals surface area (Å²) in [5.74, 6) is -0.152. The molecule has 2 heterocycles. The van der Waals surface area contributed by atoms with Crippen LogP contribution in [0.3, 0.4) is 0 Å². The van der Waals surface area contributed by atoms with Gasteiger partial charge in [0.25, 0.3) is 11.6 Å². The van der Waals surface area contributed by atoms with Crippen LogP contribution in [0.5, 0.6) is 0 Å². The molecule has 1 N–H and O–H groups in total. The van der Waals surface area contributed by atoms with Gasteiger partial charge in [0, 0.05) is 38.3 Å². The molecule has 1 saturated heterocycles. The molecule has 1 fully saturated rings. The van der Waals surface area contributed by atoms with Crippen molar-refractivity contribution in [3.8, 4) is 0 Å². The topological polar surface area (TPSA) is 126 Å². The lowest BCUT2D eigenvalue weighted by molar-refractivity contribution is -0.384. The van der Waals surface area contributed by atoms with Crippen LogP contribution in [0.15, 0.2) is 28.6 Å². The fraction of sp³-hybridized carbons (Fsp3) is 0.500. The molecule has 0 bridgehead atoms. The first-order valence-corrected chi connectivity index (χ1v) is 12.8. The van der Waals surface area contributed by atoms with Crippen molar-refractivity contribution in [3.05, 3.63) is 44.4 Å². The highest BCUT2D eigenvalue weighted by atomic mass is 32.2. The molecule has 0 spiro atoms. The van der Waals surface area contributed by atoms with Crippen molar-refractivity contribution in [3.63, 3.8) is 0 Å². The van der Waals surface area contributed by atoms with Gasteiger partial charge in [0.2, 0.25) is 10.0 Å². The third kappa shape index (κ3) is 4.92. The number of aromatic nitrogens is 1. The number of nitrogens with zero attached hydrogens (tertiary/aromatic N) is 4. The molecule has 0 radical (unpaired) electrons. The van der Waals surface area contributed by atoms with Crippen LogP contribution in [-0.2, 0) is 10.0 Å². The van der Waals surface area contributed by atoms with Crippen LogP contribution in [0.1, 0.15) is 42.1 Å². The predicted octanol–water partition coefficient (Wildman–Crippen LogP) is 2.79. The van der Waals surface area contributed by atoms with Gasteiger partial charge in [-0.2, -0.15) is 4.31 Å². The maximum absolute atomic E-state index is 12.8. The van der Waals surface area contributed by atoms with Crippen molar-refractivity contribution >= 4 is 38.6 Å². The lowest BCUT2D eigenvalue weighted by Crippen LogP contribution is -2.44. The number of hydrogen-bond acceptors (Lipinski definition) is 8. The zero-order chi connectivity index (χ0) is 23.5. The highest BCUT2D eigenvalue weighted by molar-refractivity contribution is 7.89. The number of hydrogen-bond donors (Lipinski definition) is 1. The Bertz CT molecular complexity index is 1090. The second-order valence-electron chi connectivity index (χ2n) is 7.50. The number of sulfonamides is 1. The van der Waals surface area contributed by atoms with Gasteiger partial charge < -0.3 is 10.2 Å². The number of thiazole rings is 1. The van der Waals surface area contributed by atoms with Gasteiger partial charge in [0.05, 0.1) is 21.0 Å². The van der Waals surface area contributed by atoms with E-state index >= 15 is 0 Å². The Morgan fingerprint density at radius 2 is 1.97 bits per heavy atom. The van der Waals surface area contributed by atoms with Gasteiger partial charge in [-0.1, -0.05) is 13.8 Å². The maximum Gasteiger partial charge on any atom is 0.293 e. The van der Waals surface area contributed by atoms with E-state index in [0.717, 1.165) is 6.07 Å². The third-order valence-corrected chi connectivity index (χ3v) is 8.58. The predicted molar refractivity (Wildman–Crippen MR) is 123 cm³/mol. The highest BCUT2D eigenvalue weighted by Crippen LogP contribution is 2.33. The summed E-state index contributed by atoms with van der Waals surface area (Å²) < 4.78 is 26.8. The molecular weight excluding hydrogens is 454 g/mol. The molecule has 1 aliphatic heterocycles. The second kappa shape index (κ2) is 9.92. The number of anilines is 1. The van der Waals surface area contributed by atoms with E-state index in [9.17, 15) is 23.3 Å². The van der Waals surface area contributed by atoms with E-state index in [-0.39, 0.29) is 35.6 Å². The lowest BCUT2D eigenvalue weighted by atomic mass is 10.0.